The highest BCUT2D eigenvalue weighted by Gasteiger charge is 2.25. The Hall–Kier alpha value is -3.41. The number of hydrogen-bond acceptors (Lipinski definition) is 4. The van der Waals surface area contributed by atoms with Gasteiger partial charge in [-0.05, 0) is 61.8 Å². The minimum Gasteiger partial charge on any atom is -0.367 e. The van der Waals surface area contributed by atoms with Crippen molar-refractivity contribution >= 4 is 29.1 Å². The summed E-state index contributed by atoms with van der Waals surface area (Å²) in [6.45, 7) is 0. The summed E-state index contributed by atoms with van der Waals surface area (Å²) in [7, 11) is 1.62. The SMILES string of the molecule is CN(C=O)C(=N)N[C@H](CCc1ccccc1)C[C@H]1CCC[C@@H](Nc2ccc3ccccc3n2)C1. The lowest BCUT2D eigenvalue weighted by molar-refractivity contribution is -0.114. The summed E-state index contributed by atoms with van der Waals surface area (Å²) >= 11 is 0. The molecule has 1 aliphatic rings. The molecule has 6 nitrogen and oxygen atoms in total. The number of carbonyl (C=O) groups is 1. The van der Waals surface area contributed by atoms with Gasteiger partial charge >= 0.3 is 0 Å². The predicted octanol–water partition coefficient (Wildman–Crippen LogP) is 5.21. The number of hydrogen-bond donors (Lipinski definition) is 3. The molecule has 34 heavy (non-hydrogen) atoms. The number of nitrogens with one attached hydrogen (secondary N) is 3. The molecule has 1 aromatic heterocycles. The van der Waals surface area contributed by atoms with E-state index in [1.54, 1.807) is 7.05 Å². The van der Waals surface area contributed by atoms with Gasteiger partial charge in [0.25, 0.3) is 0 Å². The fourth-order valence-electron chi connectivity index (χ4n) is 4.98. The van der Waals surface area contributed by atoms with Crippen LogP contribution in [0, 0.1) is 11.3 Å². The molecule has 3 N–H and O–H groups in total. The number of anilines is 1. The number of nitrogens with zero attached hydrogens (tertiary/aromatic N) is 2. The maximum Gasteiger partial charge on any atom is 0.216 e. The van der Waals surface area contributed by atoms with Gasteiger partial charge < -0.3 is 10.6 Å². The van der Waals surface area contributed by atoms with E-state index >= 15 is 0 Å². The first-order valence-corrected chi connectivity index (χ1v) is 12.3. The summed E-state index contributed by atoms with van der Waals surface area (Å²) in [5.41, 5.74) is 2.32. The third-order valence-corrected chi connectivity index (χ3v) is 6.83. The lowest BCUT2D eigenvalue weighted by Gasteiger charge is -2.33. The fourth-order valence-corrected chi connectivity index (χ4v) is 4.98. The smallest absolute Gasteiger partial charge is 0.216 e. The third-order valence-electron chi connectivity index (χ3n) is 6.83. The Kier molecular flexibility index (Phi) is 8.12. The maximum absolute atomic E-state index is 11.1. The van der Waals surface area contributed by atoms with Crippen LogP contribution in [0.1, 0.15) is 44.1 Å². The lowest BCUT2D eigenvalue weighted by atomic mass is 9.81. The Labute approximate surface area is 202 Å². The second-order valence-electron chi connectivity index (χ2n) is 9.43. The van der Waals surface area contributed by atoms with Gasteiger partial charge in [0.15, 0.2) is 5.96 Å². The van der Waals surface area contributed by atoms with Crippen molar-refractivity contribution in [3.63, 3.8) is 0 Å². The highest BCUT2D eigenvalue weighted by atomic mass is 16.1. The number of aromatic nitrogens is 1. The van der Waals surface area contributed by atoms with E-state index in [0.29, 0.717) is 18.4 Å². The van der Waals surface area contributed by atoms with Crippen molar-refractivity contribution in [2.75, 3.05) is 12.4 Å². The van der Waals surface area contributed by atoms with Crippen molar-refractivity contribution in [3.8, 4) is 0 Å². The second-order valence-corrected chi connectivity index (χ2v) is 9.43. The molecule has 1 amide bonds. The van der Waals surface area contributed by atoms with Crippen LogP contribution in [0.5, 0.6) is 0 Å². The number of amides is 1. The van der Waals surface area contributed by atoms with Crippen molar-refractivity contribution in [3.05, 3.63) is 72.3 Å². The molecule has 0 bridgehead atoms. The van der Waals surface area contributed by atoms with Crippen LogP contribution in [0.15, 0.2) is 66.7 Å². The minimum absolute atomic E-state index is 0.151. The molecule has 1 heterocycles. The van der Waals surface area contributed by atoms with E-state index in [1.807, 2.05) is 18.2 Å². The molecule has 178 valence electrons. The summed E-state index contributed by atoms with van der Waals surface area (Å²) in [5, 5.41) is 16.4. The maximum atomic E-state index is 11.1. The molecule has 1 aliphatic carbocycles. The Morgan fingerprint density at radius 3 is 2.74 bits per heavy atom. The van der Waals surface area contributed by atoms with E-state index in [2.05, 4.69) is 59.2 Å². The third kappa shape index (κ3) is 6.56. The molecule has 0 unspecified atom stereocenters. The van der Waals surface area contributed by atoms with Crippen LogP contribution in [0.4, 0.5) is 5.82 Å². The van der Waals surface area contributed by atoms with E-state index in [4.69, 9.17) is 10.4 Å². The van der Waals surface area contributed by atoms with Gasteiger partial charge in [-0.25, -0.2) is 4.98 Å². The fraction of sp³-hybridized carbons (Fsp3) is 0.393. The first-order valence-electron chi connectivity index (χ1n) is 12.3. The van der Waals surface area contributed by atoms with E-state index < -0.39 is 0 Å². The molecule has 3 atom stereocenters. The number of pyridine rings is 1. The predicted molar refractivity (Wildman–Crippen MR) is 139 cm³/mol. The first kappa shape index (κ1) is 23.7. The van der Waals surface area contributed by atoms with Crippen LogP contribution in [0.3, 0.4) is 0 Å². The highest BCUT2D eigenvalue weighted by molar-refractivity contribution is 5.86. The number of guanidine groups is 1. The normalized spacial score (nSPS) is 18.7. The summed E-state index contributed by atoms with van der Waals surface area (Å²) in [6, 6.07) is 23.4. The molecule has 2 aromatic carbocycles. The van der Waals surface area contributed by atoms with Crippen molar-refractivity contribution in [1.82, 2.24) is 15.2 Å². The van der Waals surface area contributed by atoms with Crippen molar-refractivity contribution in [1.29, 1.82) is 5.41 Å². The average Bonchev–Trinajstić information content (AvgIpc) is 2.87. The molecule has 0 spiro atoms. The van der Waals surface area contributed by atoms with E-state index in [9.17, 15) is 4.79 Å². The van der Waals surface area contributed by atoms with E-state index in [-0.39, 0.29) is 12.0 Å². The Morgan fingerprint density at radius 1 is 1.12 bits per heavy atom. The second kappa shape index (κ2) is 11.6. The van der Waals surface area contributed by atoms with Gasteiger partial charge in [-0.1, -0.05) is 61.4 Å². The monoisotopic (exact) mass is 457 g/mol. The van der Waals surface area contributed by atoms with Crippen LogP contribution in [-0.4, -0.2) is 41.4 Å². The van der Waals surface area contributed by atoms with Crippen LogP contribution in [0.2, 0.25) is 0 Å². The number of fused-ring (bicyclic) bond motifs is 1. The minimum atomic E-state index is 0.151. The van der Waals surface area contributed by atoms with Crippen molar-refractivity contribution in [2.45, 2.75) is 57.0 Å². The van der Waals surface area contributed by atoms with Gasteiger partial charge in [-0.15, -0.1) is 0 Å². The van der Waals surface area contributed by atoms with Crippen molar-refractivity contribution in [2.24, 2.45) is 5.92 Å². The van der Waals surface area contributed by atoms with E-state index in [0.717, 1.165) is 48.8 Å². The molecule has 1 fully saturated rings. The van der Waals surface area contributed by atoms with Gasteiger partial charge in [0.2, 0.25) is 6.41 Å². The zero-order valence-electron chi connectivity index (χ0n) is 19.9. The van der Waals surface area contributed by atoms with Gasteiger partial charge in [0.05, 0.1) is 5.52 Å². The standard InChI is InChI=1S/C28H35N5O/c1-33(20-34)28(29)31-25(16-14-21-8-3-2-4-9-21)19-22-10-7-12-24(18-22)30-27-17-15-23-11-5-6-13-26(23)32-27/h2-6,8-9,11,13,15,17,20,22,24-25H,7,10,12,14,16,18-19H2,1H3,(H2,29,31)(H,30,32)/t22-,24+,25+/m0/s1. The lowest BCUT2D eigenvalue weighted by Crippen LogP contribution is -2.44. The number of para-hydroxylation sites is 1. The van der Waals surface area contributed by atoms with Crippen molar-refractivity contribution < 1.29 is 4.79 Å². The van der Waals surface area contributed by atoms with E-state index in [1.165, 1.54) is 23.3 Å². The summed E-state index contributed by atoms with van der Waals surface area (Å²) < 4.78 is 0. The molecular weight excluding hydrogens is 422 g/mol. The summed E-state index contributed by atoms with van der Waals surface area (Å²) in [5.74, 6) is 1.67. The first-order chi connectivity index (χ1) is 16.6. The highest BCUT2D eigenvalue weighted by Crippen LogP contribution is 2.31. The number of aryl methyl sites for hydroxylation is 1. The number of rotatable bonds is 9. The number of benzene rings is 2. The molecule has 0 radical (unpaired) electrons. The van der Waals surface area contributed by atoms with Gasteiger partial charge in [0.1, 0.15) is 5.82 Å². The topological polar surface area (TPSA) is 81.1 Å². The molecule has 4 rings (SSSR count). The Morgan fingerprint density at radius 2 is 1.91 bits per heavy atom. The molecule has 1 saturated carbocycles. The van der Waals surface area contributed by atoms with Gasteiger partial charge in [-0.2, -0.15) is 0 Å². The summed E-state index contributed by atoms with van der Waals surface area (Å²) in [6.07, 6.45) is 8.18. The number of carbonyl (C=O) groups excluding carboxylic acids is 1. The zero-order chi connectivity index (χ0) is 23.8. The van der Waals surface area contributed by atoms with Gasteiger partial charge in [0, 0.05) is 24.5 Å². The molecule has 0 saturated heterocycles. The van der Waals surface area contributed by atoms with Crippen LogP contribution >= 0.6 is 0 Å². The molecule has 6 heteroatoms. The Bertz CT molecular complexity index is 1090. The average molecular weight is 458 g/mol. The van der Waals surface area contributed by atoms with Crippen LogP contribution < -0.4 is 10.6 Å². The quantitative estimate of drug-likeness (QED) is 0.234. The molecule has 0 aliphatic heterocycles. The van der Waals surface area contributed by atoms with Crippen LogP contribution in [0.25, 0.3) is 10.9 Å². The largest absolute Gasteiger partial charge is 0.367 e. The van der Waals surface area contributed by atoms with Crippen LogP contribution in [-0.2, 0) is 11.2 Å². The van der Waals surface area contributed by atoms with Gasteiger partial charge in [-0.3, -0.25) is 15.1 Å². The molecule has 3 aromatic rings. The molecular formula is C28H35N5O. The summed E-state index contributed by atoms with van der Waals surface area (Å²) in [4.78, 5) is 17.2. The Balaban J connectivity index is 1.37. The zero-order valence-corrected chi connectivity index (χ0v) is 19.9.